The zero-order valence-electron chi connectivity index (χ0n) is 14.2. The lowest BCUT2D eigenvalue weighted by Crippen LogP contribution is -2.43. The van der Waals surface area contributed by atoms with Crippen molar-refractivity contribution < 1.29 is 9.90 Å². The van der Waals surface area contributed by atoms with Crippen molar-refractivity contribution in [2.45, 2.75) is 52.6 Å². The number of aromatic nitrogens is 3. The quantitative estimate of drug-likeness (QED) is 0.778. The highest BCUT2D eigenvalue weighted by atomic mass is 16.3. The highest BCUT2D eigenvalue weighted by molar-refractivity contribution is 5.96. The van der Waals surface area contributed by atoms with Gasteiger partial charge in [-0.2, -0.15) is 4.52 Å². The van der Waals surface area contributed by atoms with E-state index >= 15 is 0 Å². The van der Waals surface area contributed by atoms with Crippen LogP contribution in [0.1, 0.15) is 50.4 Å². The molecule has 0 aliphatic heterocycles. The molecule has 0 saturated heterocycles. The van der Waals surface area contributed by atoms with Crippen LogP contribution < -0.4 is 16.6 Å². The van der Waals surface area contributed by atoms with Gasteiger partial charge in [-0.15, -0.1) is 5.10 Å². The van der Waals surface area contributed by atoms with Crippen molar-refractivity contribution in [1.29, 1.82) is 0 Å². The van der Waals surface area contributed by atoms with Crippen LogP contribution in [-0.2, 0) is 6.54 Å². The second kappa shape index (κ2) is 5.54. The molecular formula is C16H23N5O3. The maximum atomic E-state index is 12.9. The molecule has 1 fully saturated rings. The van der Waals surface area contributed by atoms with Crippen molar-refractivity contribution in [3.05, 3.63) is 22.0 Å². The van der Waals surface area contributed by atoms with E-state index in [4.69, 9.17) is 5.73 Å². The Morgan fingerprint density at radius 3 is 2.67 bits per heavy atom. The molecule has 0 bridgehead atoms. The summed E-state index contributed by atoms with van der Waals surface area (Å²) < 4.78 is 2.59. The third-order valence-electron chi connectivity index (χ3n) is 4.17. The van der Waals surface area contributed by atoms with Crippen LogP contribution in [0, 0.1) is 5.41 Å². The van der Waals surface area contributed by atoms with E-state index in [0.717, 1.165) is 23.8 Å². The Kier molecular flexibility index (Phi) is 3.77. The minimum atomic E-state index is -0.569. The molecule has 0 unspecified atom stereocenters. The van der Waals surface area contributed by atoms with Gasteiger partial charge in [0, 0.05) is 18.7 Å². The summed E-state index contributed by atoms with van der Waals surface area (Å²) >= 11 is 0. The van der Waals surface area contributed by atoms with Crippen LogP contribution in [0.3, 0.4) is 0 Å². The summed E-state index contributed by atoms with van der Waals surface area (Å²) in [6.07, 6.45) is 2.83. The largest absolute Gasteiger partial charge is 0.492 e. The minimum Gasteiger partial charge on any atom is -0.492 e. The average Bonchev–Trinajstić information content (AvgIpc) is 2.80. The Labute approximate surface area is 139 Å². The first kappa shape index (κ1) is 16.4. The normalized spacial score (nSPS) is 15.5. The topological polar surface area (TPSA) is 115 Å². The van der Waals surface area contributed by atoms with Crippen LogP contribution in [0.4, 0.5) is 5.82 Å². The fourth-order valence-corrected chi connectivity index (χ4v) is 2.81. The minimum absolute atomic E-state index is 0.0609. The van der Waals surface area contributed by atoms with E-state index < -0.39 is 17.3 Å². The van der Waals surface area contributed by atoms with Gasteiger partial charge < -0.3 is 16.2 Å². The summed E-state index contributed by atoms with van der Waals surface area (Å²) in [5.74, 6) is -0.876. The van der Waals surface area contributed by atoms with E-state index in [0.29, 0.717) is 12.2 Å². The van der Waals surface area contributed by atoms with E-state index in [1.54, 1.807) is 0 Å². The molecule has 1 amide bonds. The van der Waals surface area contributed by atoms with Crippen LogP contribution in [0.5, 0.6) is 5.88 Å². The van der Waals surface area contributed by atoms with Crippen molar-refractivity contribution in [1.82, 2.24) is 19.5 Å². The molecule has 0 spiro atoms. The molecule has 2 aromatic rings. The van der Waals surface area contributed by atoms with Gasteiger partial charge in [-0.05, 0) is 24.7 Å². The Bertz CT molecular complexity index is 855. The molecule has 130 valence electrons. The molecule has 1 aliphatic rings. The third kappa shape index (κ3) is 2.83. The number of hydrogen-bond acceptors (Lipinski definition) is 5. The predicted molar refractivity (Wildman–Crippen MR) is 90.1 cm³/mol. The van der Waals surface area contributed by atoms with E-state index in [9.17, 15) is 14.7 Å². The average molecular weight is 333 g/mol. The molecule has 24 heavy (non-hydrogen) atoms. The van der Waals surface area contributed by atoms with Crippen molar-refractivity contribution in [2.24, 2.45) is 5.41 Å². The van der Waals surface area contributed by atoms with Gasteiger partial charge in [-0.1, -0.05) is 20.8 Å². The molecule has 8 nitrogen and oxygen atoms in total. The first-order chi connectivity index (χ1) is 11.2. The molecule has 2 heterocycles. The summed E-state index contributed by atoms with van der Waals surface area (Å²) in [4.78, 5) is 25.4. The lowest BCUT2D eigenvalue weighted by molar-refractivity contribution is 0.0910. The van der Waals surface area contributed by atoms with Crippen molar-refractivity contribution in [3.8, 4) is 5.88 Å². The van der Waals surface area contributed by atoms with E-state index in [2.05, 4.69) is 10.4 Å². The summed E-state index contributed by atoms with van der Waals surface area (Å²) in [5, 5.41) is 17.2. The van der Waals surface area contributed by atoms with Crippen LogP contribution in [0.25, 0.3) is 5.65 Å². The highest BCUT2D eigenvalue weighted by Gasteiger charge is 2.28. The van der Waals surface area contributed by atoms with Gasteiger partial charge in [-0.3, -0.25) is 14.2 Å². The Balaban J connectivity index is 2.17. The molecule has 4 N–H and O–H groups in total. The molecule has 0 atom stereocenters. The number of amides is 1. The third-order valence-corrected chi connectivity index (χ3v) is 4.17. The highest BCUT2D eigenvalue weighted by Crippen LogP contribution is 2.23. The lowest BCUT2D eigenvalue weighted by Gasteiger charge is -2.26. The number of hydrogen-bond donors (Lipinski definition) is 3. The molecule has 2 aromatic heterocycles. The van der Waals surface area contributed by atoms with E-state index in [1.165, 1.54) is 10.6 Å². The van der Waals surface area contributed by atoms with Gasteiger partial charge in [-0.25, -0.2) is 0 Å². The van der Waals surface area contributed by atoms with Gasteiger partial charge in [0.2, 0.25) is 5.88 Å². The number of fused-ring (bicyclic) bond motifs is 1. The standard InChI is InChI=1S/C16H23N5O3/c1-16(2,3)8-20-11-7-10(17)19-21(11)15(24)12(14(20)23)13(22)18-9-5-4-6-9/h7,9,24H,4-6,8H2,1-3H3,(H2,17,19)(H,18,22). The number of rotatable bonds is 3. The second-order valence-corrected chi connectivity index (χ2v) is 7.59. The fourth-order valence-electron chi connectivity index (χ4n) is 2.81. The van der Waals surface area contributed by atoms with Crippen LogP contribution in [0.15, 0.2) is 10.9 Å². The van der Waals surface area contributed by atoms with E-state index in [-0.39, 0.29) is 22.8 Å². The fraction of sp³-hybridized carbons (Fsp3) is 0.562. The Morgan fingerprint density at radius 2 is 2.12 bits per heavy atom. The van der Waals surface area contributed by atoms with Gasteiger partial charge >= 0.3 is 0 Å². The molecule has 1 saturated carbocycles. The molecular weight excluding hydrogens is 310 g/mol. The molecule has 0 aromatic carbocycles. The van der Waals surface area contributed by atoms with Gasteiger partial charge in [0.1, 0.15) is 11.5 Å². The molecule has 3 rings (SSSR count). The van der Waals surface area contributed by atoms with Crippen molar-refractivity contribution >= 4 is 17.4 Å². The van der Waals surface area contributed by atoms with E-state index in [1.807, 2.05) is 20.8 Å². The predicted octanol–water partition coefficient (Wildman–Crippen LogP) is 1.11. The zero-order valence-corrected chi connectivity index (χ0v) is 14.2. The second-order valence-electron chi connectivity index (χ2n) is 7.59. The van der Waals surface area contributed by atoms with Crippen molar-refractivity contribution in [3.63, 3.8) is 0 Å². The van der Waals surface area contributed by atoms with Crippen molar-refractivity contribution in [2.75, 3.05) is 5.73 Å². The molecule has 8 heteroatoms. The summed E-state index contributed by atoms with van der Waals surface area (Å²) in [6, 6.07) is 1.58. The number of anilines is 1. The van der Waals surface area contributed by atoms with Crippen LogP contribution >= 0.6 is 0 Å². The van der Waals surface area contributed by atoms with Crippen LogP contribution in [-0.4, -0.2) is 31.2 Å². The number of nitrogens with two attached hydrogens (primary N) is 1. The van der Waals surface area contributed by atoms with Gasteiger partial charge in [0.25, 0.3) is 11.5 Å². The Hall–Kier alpha value is -2.51. The first-order valence-electron chi connectivity index (χ1n) is 8.09. The number of carbonyl (C=O) groups excluding carboxylic acids is 1. The monoisotopic (exact) mass is 333 g/mol. The van der Waals surface area contributed by atoms with Crippen LogP contribution in [0.2, 0.25) is 0 Å². The number of nitrogens with one attached hydrogen (secondary N) is 1. The van der Waals surface area contributed by atoms with Gasteiger partial charge in [0.05, 0.1) is 0 Å². The maximum absolute atomic E-state index is 12.9. The summed E-state index contributed by atoms with van der Waals surface area (Å²) in [5.41, 5.74) is 5.05. The zero-order chi connectivity index (χ0) is 17.6. The first-order valence-corrected chi connectivity index (χ1v) is 8.09. The SMILES string of the molecule is CC(C)(C)Cn1c(=O)c(C(=O)NC2CCC2)c(O)n2nc(N)cc12. The smallest absolute Gasteiger partial charge is 0.270 e. The summed E-state index contributed by atoms with van der Waals surface area (Å²) in [6.45, 7) is 6.31. The number of aromatic hydroxyl groups is 1. The maximum Gasteiger partial charge on any atom is 0.270 e. The lowest BCUT2D eigenvalue weighted by atomic mass is 9.93. The number of nitrogens with zero attached hydrogens (tertiary/aromatic N) is 3. The van der Waals surface area contributed by atoms with Gasteiger partial charge in [0.15, 0.2) is 5.56 Å². The number of carbonyl (C=O) groups is 1. The number of nitrogen functional groups attached to an aromatic ring is 1. The molecule has 0 radical (unpaired) electrons. The summed E-state index contributed by atoms with van der Waals surface area (Å²) in [7, 11) is 0. The molecule has 1 aliphatic carbocycles. The Morgan fingerprint density at radius 1 is 1.46 bits per heavy atom.